The highest BCUT2D eigenvalue weighted by molar-refractivity contribution is 7.17. The van der Waals surface area contributed by atoms with Crippen LogP contribution in [0.25, 0.3) is 10.6 Å². The summed E-state index contributed by atoms with van der Waals surface area (Å²) < 4.78 is 19.2. The number of rotatable bonds is 6. The van der Waals surface area contributed by atoms with E-state index >= 15 is 0 Å². The number of hydrogen-bond acceptors (Lipinski definition) is 5. The number of thiazole rings is 1. The Morgan fingerprint density at radius 1 is 1.11 bits per heavy atom. The molecule has 1 amide bonds. The van der Waals surface area contributed by atoms with Crippen molar-refractivity contribution in [1.82, 2.24) is 4.98 Å². The van der Waals surface area contributed by atoms with Gasteiger partial charge in [-0.15, -0.1) is 11.3 Å². The first-order chi connectivity index (χ1) is 13.1. The average molecular weight is 384 g/mol. The first kappa shape index (κ1) is 18.7. The van der Waals surface area contributed by atoms with Gasteiger partial charge in [-0.05, 0) is 19.1 Å². The smallest absolute Gasteiger partial charge is 0.326 e. The molecule has 3 rings (SSSR count). The fraction of sp³-hybridized carbons (Fsp3) is 0.150. The van der Waals surface area contributed by atoms with Crippen LogP contribution in [0.2, 0.25) is 0 Å². The maximum atomic E-state index is 14.3. The Morgan fingerprint density at radius 3 is 2.52 bits per heavy atom. The van der Waals surface area contributed by atoms with Gasteiger partial charge in [0, 0.05) is 5.56 Å². The van der Waals surface area contributed by atoms with Crippen LogP contribution >= 0.6 is 11.3 Å². The minimum absolute atomic E-state index is 0.0187. The van der Waals surface area contributed by atoms with Gasteiger partial charge in [-0.3, -0.25) is 14.5 Å². The summed E-state index contributed by atoms with van der Waals surface area (Å²) in [4.78, 5) is 30.6. The minimum Gasteiger partial charge on any atom is -0.465 e. The van der Waals surface area contributed by atoms with Gasteiger partial charge in [0.25, 0.3) is 5.91 Å². The average Bonchev–Trinajstić information content (AvgIpc) is 3.17. The largest absolute Gasteiger partial charge is 0.465 e. The van der Waals surface area contributed by atoms with E-state index in [0.29, 0.717) is 9.88 Å². The Kier molecular flexibility index (Phi) is 5.93. The lowest BCUT2D eigenvalue weighted by molar-refractivity contribution is -0.141. The van der Waals surface area contributed by atoms with E-state index in [1.54, 1.807) is 13.0 Å². The number of carbonyl (C=O) groups is 2. The summed E-state index contributed by atoms with van der Waals surface area (Å²) in [5.41, 5.74) is 0.898. The van der Waals surface area contributed by atoms with Crippen LogP contribution in [0, 0.1) is 5.82 Å². The second-order valence-corrected chi connectivity index (χ2v) is 6.57. The Balaban J connectivity index is 1.92. The van der Waals surface area contributed by atoms with Crippen LogP contribution in [-0.4, -0.2) is 30.0 Å². The van der Waals surface area contributed by atoms with Gasteiger partial charge in [-0.25, -0.2) is 9.37 Å². The van der Waals surface area contributed by atoms with Crippen LogP contribution in [0.15, 0.2) is 60.8 Å². The molecule has 0 aliphatic rings. The normalized spacial score (nSPS) is 10.4. The zero-order chi connectivity index (χ0) is 19.2. The molecule has 2 aromatic carbocycles. The van der Waals surface area contributed by atoms with Gasteiger partial charge in [0.15, 0.2) is 0 Å². The number of para-hydroxylation sites is 1. The molecule has 0 atom stereocenters. The molecule has 1 aromatic heterocycles. The van der Waals surface area contributed by atoms with Crippen molar-refractivity contribution in [3.8, 4) is 10.6 Å². The zero-order valence-corrected chi connectivity index (χ0v) is 15.4. The number of aromatic nitrogens is 1. The number of amides is 1. The molecule has 7 heteroatoms. The summed E-state index contributed by atoms with van der Waals surface area (Å²) in [5.74, 6) is -1.71. The van der Waals surface area contributed by atoms with Crippen molar-refractivity contribution in [1.29, 1.82) is 0 Å². The van der Waals surface area contributed by atoms with Crippen LogP contribution in [0.1, 0.15) is 16.6 Å². The molecular formula is C20H17FN2O3S. The topological polar surface area (TPSA) is 59.5 Å². The molecule has 0 unspecified atom stereocenters. The van der Waals surface area contributed by atoms with Gasteiger partial charge in [0.05, 0.1) is 18.5 Å². The number of carbonyl (C=O) groups excluding carboxylic acids is 2. The summed E-state index contributed by atoms with van der Waals surface area (Å²) in [6.45, 7) is 1.46. The fourth-order valence-corrected chi connectivity index (χ4v) is 3.36. The van der Waals surface area contributed by atoms with Crippen LogP contribution in [0.5, 0.6) is 0 Å². The summed E-state index contributed by atoms with van der Waals surface area (Å²) in [6.07, 6.45) is 1.44. The lowest BCUT2D eigenvalue weighted by Crippen LogP contribution is -2.36. The van der Waals surface area contributed by atoms with Crippen molar-refractivity contribution in [2.24, 2.45) is 0 Å². The first-order valence-corrected chi connectivity index (χ1v) is 9.15. The highest BCUT2D eigenvalue weighted by Crippen LogP contribution is 2.28. The third kappa shape index (κ3) is 4.38. The molecule has 1 heterocycles. The highest BCUT2D eigenvalue weighted by Gasteiger charge is 2.25. The Hall–Kier alpha value is -3.06. The third-order valence-electron chi connectivity index (χ3n) is 3.72. The van der Waals surface area contributed by atoms with Gasteiger partial charge in [0.2, 0.25) is 0 Å². The van der Waals surface area contributed by atoms with Crippen LogP contribution in [0.3, 0.4) is 0 Å². The van der Waals surface area contributed by atoms with Gasteiger partial charge in [0.1, 0.15) is 22.2 Å². The molecule has 0 aliphatic heterocycles. The molecule has 0 spiro atoms. The van der Waals surface area contributed by atoms with Crippen molar-refractivity contribution in [2.45, 2.75) is 6.92 Å². The van der Waals surface area contributed by atoms with Gasteiger partial charge >= 0.3 is 5.97 Å². The van der Waals surface area contributed by atoms with E-state index in [4.69, 9.17) is 4.74 Å². The predicted octanol–water partition coefficient (Wildman–Crippen LogP) is 4.16. The van der Waals surface area contributed by atoms with E-state index in [0.717, 1.165) is 10.5 Å². The first-order valence-electron chi connectivity index (χ1n) is 8.33. The molecule has 0 aliphatic carbocycles. The van der Waals surface area contributed by atoms with E-state index in [1.165, 1.54) is 35.7 Å². The molecule has 27 heavy (non-hydrogen) atoms. The van der Waals surface area contributed by atoms with Crippen molar-refractivity contribution in [3.63, 3.8) is 0 Å². The van der Waals surface area contributed by atoms with E-state index in [9.17, 15) is 14.0 Å². The second kappa shape index (κ2) is 8.55. The van der Waals surface area contributed by atoms with E-state index in [1.807, 2.05) is 30.3 Å². The third-order valence-corrected chi connectivity index (χ3v) is 4.75. The van der Waals surface area contributed by atoms with Crippen LogP contribution < -0.4 is 4.90 Å². The minimum atomic E-state index is -0.609. The molecule has 0 radical (unpaired) electrons. The number of esters is 1. The maximum Gasteiger partial charge on any atom is 0.326 e. The number of nitrogens with zero attached hydrogens (tertiary/aromatic N) is 2. The second-order valence-electron chi connectivity index (χ2n) is 5.54. The lowest BCUT2D eigenvalue weighted by atomic mass is 10.2. The quantitative estimate of drug-likeness (QED) is 0.599. The van der Waals surface area contributed by atoms with Gasteiger partial charge in [-0.1, -0.05) is 42.5 Å². The Bertz CT molecular complexity index is 943. The number of anilines is 1. The predicted molar refractivity (Wildman–Crippen MR) is 102 cm³/mol. The van der Waals surface area contributed by atoms with Gasteiger partial charge < -0.3 is 4.74 Å². The number of ether oxygens (including phenoxy) is 1. The fourth-order valence-electron chi connectivity index (χ4n) is 2.49. The van der Waals surface area contributed by atoms with E-state index in [-0.39, 0.29) is 18.8 Å². The maximum absolute atomic E-state index is 14.3. The van der Waals surface area contributed by atoms with E-state index < -0.39 is 17.7 Å². The molecule has 0 fully saturated rings. The van der Waals surface area contributed by atoms with Crippen molar-refractivity contribution < 1.29 is 18.7 Å². The van der Waals surface area contributed by atoms with Crippen LogP contribution in [-0.2, 0) is 9.53 Å². The van der Waals surface area contributed by atoms with Crippen LogP contribution in [0.4, 0.5) is 10.1 Å². The van der Waals surface area contributed by atoms with Crippen molar-refractivity contribution in [3.05, 3.63) is 71.5 Å². The molecule has 0 saturated heterocycles. The van der Waals surface area contributed by atoms with E-state index in [2.05, 4.69) is 4.98 Å². The summed E-state index contributed by atoms with van der Waals surface area (Å²) in [6, 6.07) is 15.2. The number of benzene rings is 2. The number of hydrogen-bond donors (Lipinski definition) is 0. The molecule has 138 valence electrons. The zero-order valence-electron chi connectivity index (χ0n) is 14.6. The molecule has 3 aromatic rings. The standard InChI is InChI=1S/C20H17FN2O3S/c1-2-26-18(24)13-23(16-11-7-6-10-15(16)21)20(25)17-12-22-19(27-17)14-8-4-3-5-9-14/h3-12H,2,13H2,1H3. The molecule has 0 saturated carbocycles. The molecular weight excluding hydrogens is 367 g/mol. The highest BCUT2D eigenvalue weighted by atomic mass is 32.1. The molecule has 0 bridgehead atoms. The van der Waals surface area contributed by atoms with Gasteiger partial charge in [-0.2, -0.15) is 0 Å². The monoisotopic (exact) mass is 384 g/mol. The molecule has 0 N–H and O–H groups in total. The summed E-state index contributed by atoms with van der Waals surface area (Å²) in [7, 11) is 0. The SMILES string of the molecule is CCOC(=O)CN(C(=O)c1cnc(-c2ccccc2)s1)c1ccccc1F. The Labute approximate surface area is 160 Å². The number of halogens is 1. The summed E-state index contributed by atoms with van der Waals surface area (Å²) in [5, 5.41) is 0.670. The van der Waals surface area contributed by atoms with Crippen molar-refractivity contribution in [2.75, 3.05) is 18.1 Å². The lowest BCUT2D eigenvalue weighted by Gasteiger charge is -2.21. The van der Waals surface area contributed by atoms with Crippen molar-refractivity contribution >= 4 is 28.9 Å². The summed E-state index contributed by atoms with van der Waals surface area (Å²) >= 11 is 1.19. The Morgan fingerprint density at radius 2 is 1.81 bits per heavy atom. The molecule has 5 nitrogen and oxygen atoms in total.